The van der Waals surface area contributed by atoms with Gasteiger partial charge in [-0.2, -0.15) is 0 Å². The largest absolute Gasteiger partial charge is 0.497 e. The van der Waals surface area contributed by atoms with E-state index < -0.39 is 0 Å². The lowest BCUT2D eigenvalue weighted by molar-refractivity contribution is -0.131. The number of nitrogens with two attached hydrogens (primary N) is 1. The summed E-state index contributed by atoms with van der Waals surface area (Å²) in [6.45, 7) is 0.932. The zero-order chi connectivity index (χ0) is 27.4. The Morgan fingerprint density at radius 1 is 1.10 bits per heavy atom. The van der Waals surface area contributed by atoms with E-state index in [1.165, 1.54) is 0 Å². The fourth-order valence-corrected chi connectivity index (χ4v) is 5.87. The number of benzene rings is 2. The molecule has 8 nitrogen and oxygen atoms in total. The number of anilines is 2. The van der Waals surface area contributed by atoms with Crippen LogP contribution in [0.5, 0.6) is 11.5 Å². The van der Waals surface area contributed by atoms with Crippen LogP contribution < -0.4 is 25.8 Å². The van der Waals surface area contributed by atoms with Crippen molar-refractivity contribution in [2.24, 2.45) is 5.92 Å². The number of amides is 1. The number of methoxy groups -OCH3 is 2. The maximum Gasteiger partial charge on any atom is 0.259 e. The second kappa shape index (κ2) is 11.7. The molecule has 2 atom stereocenters. The monoisotopic (exact) mass is 543 g/mol. The normalized spacial score (nSPS) is 18.5. The van der Waals surface area contributed by atoms with Gasteiger partial charge in [0.05, 0.1) is 19.8 Å². The standard InChI is InChI=1S/C30H33N5O3S/c1-37-22-12-11-20(25(16-22)38-2)18-35-24-10-6-9-23(24)28(33-17-19-13-14-32-26(31)15-19)27(30(35)36)29(39)34-21-7-4-3-5-8-21/h3-5,7-8,11-16,23-24,33H,6,9-10,17-18H2,1-2H3,(H2,31,32)(H,34,39). The molecule has 39 heavy (non-hydrogen) atoms. The highest BCUT2D eigenvalue weighted by Crippen LogP contribution is 2.42. The van der Waals surface area contributed by atoms with Gasteiger partial charge in [-0.1, -0.05) is 36.8 Å². The highest BCUT2D eigenvalue weighted by Gasteiger charge is 2.45. The number of pyridine rings is 1. The van der Waals surface area contributed by atoms with Gasteiger partial charge in [0.25, 0.3) is 5.91 Å². The van der Waals surface area contributed by atoms with Gasteiger partial charge in [-0.15, -0.1) is 0 Å². The van der Waals surface area contributed by atoms with Crippen molar-refractivity contribution in [3.63, 3.8) is 0 Å². The van der Waals surface area contributed by atoms with Crippen LogP contribution >= 0.6 is 12.2 Å². The van der Waals surface area contributed by atoms with Crippen molar-refractivity contribution in [3.8, 4) is 11.5 Å². The van der Waals surface area contributed by atoms with Crippen LogP contribution in [-0.4, -0.2) is 41.0 Å². The Morgan fingerprint density at radius 3 is 2.67 bits per heavy atom. The molecule has 4 N–H and O–H groups in total. The smallest absolute Gasteiger partial charge is 0.259 e. The Balaban J connectivity index is 1.51. The maximum atomic E-state index is 14.3. The van der Waals surface area contributed by atoms with E-state index in [4.69, 9.17) is 27.4 Å². The summed E-state index contributed by atoms with van der Waals surface area (Å²) in [5.74, 6) is 1.89. The number of carbonyl (C=O) groups is 1. The van der Waals surface area contributed by atoms with E-state index in [-0.39, 0.29) is 17.9 Å². The molecule has 9 heteroatoms. The number of nitrogen functional groups attached to an aromatic ring is 1. The van der Waals surface area contributed by atoms with Crippen molar-refractivity contribution in [2.45, 2.75) is 38.4 Å². The number of para-hydroxylation sites is 1. The zero-order valence-corrected chi connectivity index (χ0v) is 23.0. The summed E-state index contributed by atoms with van der Waals surface area (Å²) in [5.41, 5.74) is 10.1. The Bertz CT molecular complexity index is 1390. The van der Waals surface area contributed by atoms with Crippen LogP contribution in [0.3, 0.4) is 0 Å². The molecule has 1 aliphatic heterocycles. The molecule has 1 fully saturated rings. The molecule has 1 amide bonds. The first-order chi connectivity index (χ1) is 19.0. The van der Waals surface area contributed by atoms with Gasteiger partial charge in [0.1, 0.15) is 22.3 Å². The summed E-state index contributed by atoms with van der Waals surface area (Å²) >= 11 is 5.89. The number of hydrogen-bond donors (Lipinski definition) is 3. The minimum Gasteiger partial charge on any atom is -0.497 e. The lowest BCUT2D eigenvalue weighted by Gasteiger charge is -2.41. The fourth-order valence-electron chi connectivity index (χ4n) is 5.56. The molecule has 2 unspecified atom stereocenters. The van der Waals surface area contributed by atoms with E-state index in [1.54, 1.807) is 20.4 Å². The highest BCUT2D eigenvalue weighted by atomic mass is 32.1. The second-order valence-electron chi connectivity index (χ2n) is 9.77. The molecule has 2 aromatic carbocycles. The quantitative estimate of drug-likeness (QED) is 0.335. The van der Waals surface area contributed by atoms with Crippen molar-refractivity contribution in [1.82, 2.24) is 15.2 Å². The first-order valence-electron chi connectivity index (χ1n) is 13.0. The summed E-state index contributed by atoms with van der Waals surface area (Å²) in [7, 11) is 3.26. The van der Waals surface area contributed by atoms with E-state index in [1.807, 2.05) is 65.6 Å². The molecule has 2 aliphatic rings. The summed E-state index contributed by atoms with van der Waals surface area (Å²) in [6, 6.07) is 19.2. The number of ether oxygens (including phenoxy) is 2. The maximum absolute atomic E-state index is 14.3. The van der Waals surface area contributed by atoms with Gasteiger partial charge >= 0.3 is 0 Å². The lowest BCUT2D eigenvalue weighted by atomic mass is 9.88. The number of carbonyl (C=O) groups excluding carboxylic acids is 1. The van der Waals surface area contributed by atoms with Crippen molar-refractivity contribution in [2.75, 3.05) is 25.3 Å². The van der Waals surface area contributed by atoms with Gasteiger partial charge < -0.3 is 30.7 Å². The molecule has 1 saturated carbocycles. The Labute approximate surface area is 234 Å². The van der Waals surface area contributed by atoms with E-state index in [9.17, 15) is 4.79 Å². The topological polar surface area (TPSA) is 102 Å². The number of nitrogens with zero attached hydrogens (tertiary/aromatic N) is 2. The lowest BCUT2D eigenvalue weighted by Crippen LogP contribution is -2.51. The molecule has 1 aliphatic carbocycles. The van der Waals surface area contributed by atoms with Crippen molar-refractivity contribution < 1.29 is 14.3 Å². The third-order valence-corrected chi connectivity index (χ3v) is 7.72. The van der Waals surface area contributed by atoms with Crippen LogP contribution in [-0.2, 0) is 17.9 Å². The summed E-state index contributed by atoms with van der Waals surface area (Å²) in [4.78, 5) is 20.8. The number of hydrogen-bond acceptors (Lipinski definition) is 7. The van der Waals surface area contributed by atoms with Crippen LogP contribution in [0, 0.1) is 5.92 Å². The number of rotatable bonds is 9. The van der Waals surface area contributed by atoms with E-state index in [2.05, 4.69) is 15.6 Å². The van der Waals surface area contributed by atoms with Crippen molar-refractivity contribution in [1.29, 1.82) is 0 Å². The molecule has 1 aromatic heterocycles. The average molecular weight is 544 g/mol. The molecule has 0 radical (unpaired) electrons. The first-order valence-corrected chi connectivity index (χ1v) is 13.5. The van der Waals surface area contributed by atoms with Crippen molar-refractivity contribution in [3.05, 3.63) is 89.3 Å². The van der Waals surface area contributed by atoms with Gasteiger partial charge in [-0.3, -0.25) is 4.79 Å². The SMILES string of the molecule is COc1ccc(CN2C(=O)C(C(=S)Nc3ccccc3)=C(NCc3ccnc(N)c3)C3CCCC32)c(OC)c1. The predicted octanol–water partition coefficient (Wildman–Crippen LogP) is 4.68. The van der Waals surface area contributed by atoms with E-state index in [0.717, 1.165) is 41.8 Å². The molecule has 3 aromatic rings. The minimum absolute atomic E-state index is 0.0533. The molecule has 0 saturated heterocycles. The van der Waals surface area contributed by atoms with Gasteiger partial charge in [0.2, 0.25) is 0 Å². The average Bonchev–Trinajstić information content (AvgIpc) is 3.44. The third-order valence-electron chi connectivity index (χ3n) is 7.42. The van der Waals surface area contributed by atoms with Gasteiger partial charge in [-0.25, -0.2) is 4.98 Å². The van der Waals surface area contributed by atoms with Gasteiger partial charge in [0, 0.05) is 54.3 Å². The molecular weight excluding hydrogens is 510 g/mol. The molecule has 5 rings (SSSR count). The van der Waals surface area contributed by atoms with Crippen molar-refractivity contribution >= 4 is 34.6 Å². The number of aromatic nitrogens is 1. The van der Waals surface area contributed by atoms with Gasteiger partial charge in [-0.05, 0) is 54.8 Å². The molecule has 202 valence electrons. The second-order valence-corrected chi connectivity index (χ2v) is 10.2. The molecular formula is C30H33N5O3S. The predicted molar refractivity (Wildman–Crippen MR) is 156 cm³/mol. The zero-order valence-electron chi connectivity index (χ0n) is 22.1. The van der Waals surface area contributed by atoms with Crippen LogP contribution in [0.1, 0.15) is 30.4 Å². The first kappa shape index (κ1) is 26.5. The van der Waals surface area contributed by atoms with E-state index >= 15 is 0 Å². The summed E-state index contributed by atoms with van der Waals surface area (Å²) in [5, 5.41) is 6.88. The number of thiocarbonyl (C=S) groups is 1. The Hall–Kier alpha value is -4.11. The Morgan fingerprint density at radius 2 is 1.92 bits per heavy atom. The van der Waals surface area contributed by atoms with Gasteiger partial charge in [0.15, 0.2) is 0 Å². The molecule has 0 bridgehead atoms. The highest BCUT2D eigenvalue weighted by molar-refractivity contribution is 7.81. The molecule has 0 spiro atoms. The van der Waals surface area contributed by atoms with Crippen LogP contribution in [0.2, 0.25) is 0 Å². The summed E-state index contributed by atoms with van der Waals surface area (Å²) < 4.78 is 11.0. The van der Waals surface area contributed by atoms with Crippen LogP contribution in [0.15, 0.2) is 78.1 Å². The van der Waals surface area contributed by atoms with E-state index in [0.29, 0.717) is 41.0 Å². The number of nitrogens with one attached hydrogen (secondary N) is 2. The minimum atomic E-state index is -0.0961. The fraction of sp³-hybridized carbons (Fsp3) is 0.300. The summed E-state index contributed by atoms with van der Waals surface area (Å²) in [6.07, 6.45) is 4.61. The van der Waals surface area contributed by atoms with Crippen LogP contribution in [0.25, 0.3) is 0 Å². The van der Waals surface area contributed by atoms with Crippen LogP contribution in [0.4, 0.5) is 11.5 Å². The Kier molecular flexibility index (Phi) is 7.97. The molecule has 2 heterocycles. The number of fused-ring (bicyclic) bond motifs is 1. The third kappa shape index (κ3) is 5.68.